The van der Waals surface area contributed by atoms with Crippen LogP contribution in [0.4, 0.5) is 13.2 Å². The summed E-state index contributed by atoms with van der Waals surface area (Å²) in [5.74, 6) is 0.108. The van der Waals surface area contributed by atoms with Gasteiger partial charge in [0.05, 0.1) is 11.2 Å². The van der Waals surface area contributed by atoms with Gasteiger partial charge in [-0.1, -0.05) is 65.2 Å². The Hall–Kier alpha value is -1.92. The number of rotatable bonds is 2. The minimum absolute atomic E-state index is 0.107. The van der Waals surface area contributed by atoms with Gasteiger partial charge < -0.3 is 9.84 Å². The van der Waals surface area contributed by atoms with Gasteiger partial charge in [-0.3, -0.25) is 4.98 Å². The molecule has 0 amide bonds. The molecule has 1 aromatic carbocycles. The molecule has 0 radical (unpaired) electrons. The molecule has 178 valence electrons. The van der Waals surface area contributed by atoms with Gasteiger partial charge in [-0.15, -0.1) is 0 Å². The molecule has 1 aromatic heterocycles. The van der Waals surface area contributed by atoms with Crippen LogP contribution in [0.15, 0.2) is 24.3 Å². The molecule has 33 heavy (non-hydrogen) atoms. The van der Waals surface area contributed by atoms with Crippen LogP contribution < -0.4 is 5.11 Å². The number of halogens is 3. The predicted octanol–water partition coefficient (Wildman–Crippen LogP) is 6.49. The van der Waals surface area contributed by atoms with Gasteiger partial charge in [0.15, 0.2) is 0 Å². The number of alkyl halides is 3. The highest BCUT2D eigenvalue weighted by Crippen LogP contribution is 2.59. The van der Waals surface area contributed by atoms with Crippen molar-refractivity contribution < 1.29 is 23.0 Å². The van der Waals surface area contributed by atoms with E-state index >= 15 is 0 Å². The van der Waals surface area contributed by atoms with Gasteiger partial charge in [0.25, 0.3) is 0 Å². The van der Waals surface area contributed by atoms with Crippen LogP contribution in [0, 0.1) is 5.41 Å². The quantitative estimate of drug-likeness (QED) is 0.517. The third-order valence-corrected chi connectivity index (χ3v) is 7.65. The summed E-state index contributed by atoms with van der Waals surface area (Å²) in [5.41, 5.74) is 3.96. The topological polar surface area (TPSA) is 45.2 Å². The molecule has 1 saturated carbocycles. The summed E-state index contributed by atoms with van der Waals surface area (Å²) in [5, 5.41) is 13.5. The maximum absolute atomic E-state index is 13.5. The van der Waals surface area contributed by atoms with E-state index in [1.807, 2.05) is 0 Å². The Balaban J connectivity index is 1.73. The molecule has 2 aromatic rings. The van der Waals surface area contributed by atoms with Crippen LogP contribution in [0.25, 0.3) is 0 Å². The molecule has 0 saturated heterocycles. The molecule has 0 bridgehead atoms. The Morgan fingerprint density at radius 3 is 2.27 bits per heavy atom. The van der Waals surface area contributed by atoms with Gasteiger partial charge in [0, 0.05) is 17.0 Å². The van der Waals surface area contributed by atoms with E-state index in [1.54, 1.807) is 0 Å². The largest absolute Gasteiger partial charge is 0.848 e. The molecular weight excluding hydrogens is 427 g/mol. The Bertz CT molecular complexity index is 1070. The number of fused-ring (bicyclic) bond motifs is 4. The minimum Gasteiger partial charge on any atom is -0.848 e. The van der Waals surface area contributed by atoms with Gasteiger partial charge in [-0.2, -0.15) is 13.2 Å². The van der Waals surface area contributed by atoms with Crippen molar-refractivity contribution in [2.24, 2.45) is 5.41 Å². The second kappa shape index (κ2) is 7.54. The minimum atomic E-state index is -4.38. The average molecular weight is 459 g/mol. The number of hydrogen-bond donors (Lipinski definition) is 0. The smallest absolute Gasteiger partial charge is 0.416 e. The Morgan fingerprint density at radius 1 is 1.06 bits per heavy atom. The maximum Gasteiger partial charge on any atom is 0.416 e. The van der Waals surface area contributed by atoms with Crippen molar-refractivity contribution in [1.82, 2.24) is 4.98 Å². The van der Waals surface area contributed by atoms with E-state index in [9.17, 15) is 18.3 Å². The van der Waals surface area contributed by atoms with Gasteiger partial charge in [0.1, 0.15) is 6.10 Å². The fourth-order valence-corrected chi connectivity index (χ4v) is 6.23. The summed E-state index contributed by atoms with van der Waals surface area (Å²) in [6.45, 7) is 8.41. The van der Waals surface area contributed by atoms with Crippen molar-refractivity contribution in [3.63, 3.8) is 0 Å². The van der Waals surface area contributed by atoms with Gasteiger partial charge >= 0.3 is 6.18 Å². The number of nitrogens with zero attached hydrogens (tertiary/aromatic N) is 1. The monoisotopic (exact) mass is 458 g/mol. The van der Waals surface area contributed by atoms with Crippen LogP contribution in [-0.4, -0.2) is 4.98 Å². The molecule has 1 unspecified atom stereocenters. The second-order valence-electron chi connectivity index (χ2n) is 11.2. The SMILES string of the molecule is CC(C)c1nc2c(c3c1[C@@H](c1ccc(C(F)(F)F)cc1)OC31CCCC1)C([O-])CC(C)(C)C2. The summed E-state index contributed by atoms with van der Waals surface area (Å²) in [6.07, 6.45) is -0.735. The lowest BCUT2D eigenvalue weighted by Crippen LogP contribution is -2.36. The van der Waals surface area contributed by atoms with Gasteiger partial charge in [-0.25, -0.2) is 0 Å². The summed E-state index contributed by atoms with van der Waals surface area (Å²) in [4.78, 5) is 5.06. The zero-order valence-electron chi connectivity index (χ0n) is 19.7. The lowest BCUT2D eigenvalue weighted by molar-refractivity contribution is -0.434. The lowest BCUT2D eigenvalue weighted by atomic mass is 9.70. The van der Waals surface area contributed by atoms with Crippen molar-refractivity contribution >= 4 is 0 Å². The summed E-state index contributed by atoms with van der Waals surface area (Å²) >= 11 is 0. The highest BCUT2D eigenvalue weighted by molar-refractivity contribution is 5.54. The van der Waals surface area contributed by atoms with Crippen LogP contribution >= 0.6 is 0 Å². The van der Waals surface area contributed by atoms with E-state index in [-0.39, 0.29) is 11.3 Å². The Labute approximate surface area is 193 Å². The molecule has 1 aliphatic heterocycles. The fourth-order valence-electron chi connectivity index (χ4n) is 6.23. The number of ether oxygens (including phenoxy) is 1. The molecule has 3 aliphatic rings. The van der Waals surface area contributed by atoms with Gasteiger partial charge in [0.2, 0.25) is 0 Å². The molecule has 0 N–H and O–H groups in total. The molecule has 5 rings (SSSR count). The predicted molar refractivity (Wildman–Crippen MR) is 118 cm³/mol. The van der Waals surface area contributed by atoms with E-state index in [0.717, 1.165) is 72.3 Å². The first-order valence-electron chi connectivity index (χ1n) is 12.0. The zero-order chi connectivity index (χ0) is 23.8. The molecular formula is C27H31F3NO2-. The van der Waals surface area contributed by atoms with Crippen molar-refractivity contribution in [2.75, 3.05) is 0 Å². The average Bonchev–Trinajstić information content (AvgIpc) is 3.31. The van der Waals surface area contributed by atoms with Crippen molar-refractivity contribution in [3.05, 3.63) is 63.5 Å². The van der Waals surface area contributed by atoms with Crippen LogP contribution in [-0.2, 0) is 22.9 Å². The number of aromatic nitrogens is 1. The zero-order valence-corrected chi connectivity index (χ0v) is 19.7. The normalized spacial score (nSPS) is 25.5. The van der Waals surface area contributed by atoms with Crippen molar-refractivity contribution in [3.8, 4) is 0 Å². The first kappa shape index (κ1) is 22.9. The lowest BCUT2D eigenvalue weighted by Gasteiger charge is -2.43. The standard InChI is InChI=1S/C27H31F3NO2/c1-15(2)23-21-22(20-18(31-23)13-25(3,4)14-19(20)32)26(11-5-6-12-26)33-24(21)16-7-9-17(10-8-16)27(28,29)30/h7-10,15,19,24H,5-6,11-14H2,1-4H3/q-1/t19?,24-/m1/s1. The van der Waals surface area contributed by atoms with E-state index in [4.69, 9.17) is 9.72 Å². The fraction of sp³-hybridized carbons (Fsp3) is 0.593. The highest BCUT2D eigenvalue weighted by Gasteiger charge is 2.51. The Kier molecular flexibility index (Phi) is 5.22. The summed E-state index contributed by atoms with van der Waals surface area (Å²) < 4.78 is 46.3. The molecule has 2 atom stereocenters. The molecule has 2 aliphatic carbocycles. The molecule has 1 fully saturated rings. The van der Waals surface area contributed by atoms with Crippen LogP contribution in [0.1, 0.15) is 117 Å². The third kappa shape index (κ3) is 3.70. The van der Waals surface area contributed by atoms with E-state index in [1.165, 1.54) is 12.1 Å². The number of hydrogen-bond acceptors (Lipinski definition) is 3. The van der Waals surface area contributed by atoms with Gasteiger partial charge in [-0.05, 0) is 59.4 Å². The summed E-state index contributed by atoms with van der Waals surface area (Å²) in [7, 11) is 0. The van der Waals surface area contributed by atoms with Crippen molar-refractivity contribution in [2.45, 2.75) is 96.1 Å². The number of pyridine rings is 1. The van der Waals surface area contributed by atoms with Crippen LogP contribution in [0.2, 0.25) is 0 Å². The summed E-state index contributed by atoms with van der Waals surface area (Å²) in [6, 6.07) is 5.29. The van der Waals surface area contributed by atoms with Crippen LogP contribution in [0.5, 0.6) is 0 Å². The Morgan fingerprint density at radius 2 is 1.70 bits per heavy atom. The van der Waals surface area contributed by atoms with Crippen LogP contribution in [0.3, 0.4) is 0 Å². The van der Waals surface area contributed by atoms with E-state index in [2.05, 4.69) is 27.7 Å². The van der Waals surface area contributed by atoms with Crippen molar-refractivity contribution in [1.29, 1.82) is 0 Å². The number of benzene rings is 1. The maximum atomic E-state index is 13.5. The highest BCUT2D eigenvalue weighted by atomic mass is 19.4. The first-order valence-corrected chi connectivity index (χ1v) is 12.0. The molecule has 3 nitrogen and oxygen atoms in total. The molecule has 2 heterocycles. The molecule has 1 spiro atoms. The molecule has 6 heteroatoms. The van der Waals surface area contributed by atoms with E-state index < -0.39 is 29.5 Å². The third-order valence-electron chi connectivity index (χ3n) is 7.65. The second-order valence-corrected chi connectivity index (χ2v) is 11.2. The van der Waals surface area contributed by atoms with E-state index in [0.29, 0.717) is 12.0 Å². The first-order chi connectivity index (χ1) is 15.4.